The van der Waals surface area contributed by atoms with Crippen molar-refractivity contribution in [2.75, 3.05) is 38.0 Å². The number of amides is 1. The van der Waals surface area contributed by atoms with Gasteiger partial charge in [0.2, 0.25) is 10.0 Å². The highest BCUT2D eigenvalue weighted by atomic mass is 32.2. The molecule has 1 saturated heterocycles. The summed E-state index contributed by atoms with van der Waals surface area (Å²) in [5, 5.41) is 7.24. The summed E-state index contributed by atoms with van der Waals surface area (Å²) in [6, 6.07) is 11.3. The zero-order chi connectivity index (χ0) is 24.6. The van der Waals surface area contributed by atoms with Crippen LogP contribution in [0.25, 0.3) is 22.6 Å². The fraction of sp³-hybridized carbons (Fsp3) is 0.292. The van der Waals surface area contributed by atoms with Gasteiger partial charge in [-0.15, -0.1) is 0 Å². The average molecular weight is 496 g/mol. The lowest BCUT2D eigenvalue weighted by Gasteiger charge is -2.33. The fourth-order valence-corrected chi connectivity index (χ4v) is 5.66. The van der Waals surface area contributed by atoms with Crippen molar-refractivity contribution in [3.05, 3.63) is 60.0 Å². The average Bonchev–Trinajstić information content (AvgIpc) is 3.54. The number of fused-ring (bicyclic) bond motifs is 1. The van der Waals surface area contributed by atoms with Crippen LogP contribution in [0.4, 0.5) is 5.69 Å². The molecule has 4 aromatic rings. The van der Waals surface area contributed by atoms with E-state index in [1.54, 1.807) is 43.3 Å². The standard InChI is InChI=1S/C24H25N5O5S/c1-3-28-9-11-29(12-10-28)35(31,32)18-7-4-6-17(14-18)25-23(30)19-15-20(21-8-5-13-33-21)26-24-22(19)16(2)27-34-24/h4-8,13-15H,3,9-12H2,1-2H3,(H,25,30). The molecule has 1 fully saturated rings. The van der Waals surface area contributed by atoms with Crippen LogP contribution in [-0.2, 0) is 10.0 Å². The number of aromatic nitrogens is 2. The molecule has 3 aromatic heterocycles. The molecule has 10 nitrogen and oxygen atoms in total. The van der Waals surface area contributed by atoms with E-state index in [-0.39, 0.29) is 10.6 Å². The second-order valence-corrected chi connectivity index (χ2v) is 10.2. The zero-order valence-corrected chi connectivity index (χ0v) is 20.2. The van der Waals surface area contributed by atoms with Gasteiger partial charge >= 0.3 is 0 Å². The largest absolute Gasteiger partial charge is 0.463 e. The van der Waals surface area contributed by atoms with Gasteiger partial charge in [-0.05, 0) is 49.9 Å². The predicted octanol–water partition coefficient (Wildman–Crippen LogP) is 3.37. The summed E-state index contributed by atoms with van der Waals surface area (Å²) in [6.45, 7) is 6.94. The van der Waals surface area contributed by atoms with Crippen LogP contribution in [0.2, 0.25) is 0 Å². The molecule has 1 aliphatic rings. The molecule has 11 heteroatoms. The van der Waals surface area contributed by atoms with Crippen LogP contribution >= 0.6 is 0 Å². The second kappa shape index (κ2) is 9.25. The number of hydrogen-bond donors (Lipinski definition) is 1. The van der Waals surface area contributed by atoms with E-state index in [2.05, 4.69) is 27.3 Å². The highest BCUT2D eigenvalue weighted by Gasteiger charge is 2.28. The first kappa shape index (κ1) is 23.2. The molecule has 1 aromatic carbocycles. The smallest absolute Gasteiger partial charge is 0.259 e. The van der Waals surface area contributed by atoms with E-state index < -0.39 is 15.9 Å². The van der Waals surface area contributed by atoms with Crippen molar-refractivity contribution in [3.63, 3.8) is 0 Å². The van der Waals surface area contributed by atoms with Crippen LogP contribution in [0.1, 0.15) is 23.0 Å². The van der Waals surface area contributed by atoms with Gasteiger partial charge in [0.15, 0.2) is 5.76 Å². The van der Waals surface area contributed by atoms with E-state index in [1.165, 1.54) is 16.6 Å². The number of nitrogens with one attached hydrogen (secondary N) is 1. The number of furan rings is 1. The molecule has 35 heavy (non-hydrogen) atoms. The lowest BCUT2D eigenvalue weighted by atomic mass is 10.1. The summed E-state index contributed by atoms with van der Waals surface area (Å²) in [5.74, 6) is 0.0360. The maximum absolute atomic E-state index is 13.3. The van der Waals surface area contributed by atoms with Crippen LogP contribution in [-0.4, -0.2) is 66.4 Å². The van der Waals surface area contributed by atoms with Crippen molar-refractivity contribution in [1.29, 1.82) is 0 Å². The van der Waals surface area contributed by atoms with Gasteiger partial charge in [-0.2, -0.15) is 4.31 Å². The topological polar surface area (TPSA) is 122 Å². The number of hydrogen-bond acceptors (Lipinski definition) is 8. The Bertz CT molecular complexity index is 1470. The summed E-state index contributed by atoms with van der Waals surface area (Å²) >= 11 is 0. The van der Waals surface area contributed by atoms with Crippen molar-refractivity contribution in [3.8, 4) is 11.5 Å². The molecule has 4 heterocycles. The molecule has 0 spiro atoms. The molecule has 1 amide bonds. The van der Waals surface area contributed by atoms with Crippen LogP contribution in [0.15, 0.2) is 62.6 Å². The zero-order valence-electron chi connectivity index (χ0n) is 19.4. The minimum atomic E-state index is -3.68. The molecule has 0 radical (unpaired) electrons. The maximum atomic E-state index is 13.3. The lowest BCUT2D eigenvalue weighted by molar-refractivity contribution is 0.102. The van der Waals surface area contributed by atoms with E-state index in [0.29, 0.717) is 60.0 Å². The van der Waals surface area contributed by atoms with E-state index in [4.69, 9.17) is 8.94 Å². The predicted molar refractivity (Wildman–Crippen MR) is 130 cm³/mol. The summed E-state index contributed by atoms with van der Waals surface area (Å²) < 4.78 is 38.6. The summed E-state index contributed by atoms with van der Waals surface area (Å²) in [7, 11) is -3.68. The van der Waals surface area contributed by atoms with E-state index >= 15 is 0 Å². The normalized spacial score (nSPS) is 15.5. The summed E-state index contributed by atoms with van der Waals surface area (Å²) in [4.78, 5) is 20.1. The third kappa shape index (κ3) is 4.45. The number of nitrogens with zero attached hydrogens (tertiary/aromatic N) is 4. The van der Waals surface area contributed by atoms with Crippen LogP contribution in [0, 0.1) is 6.92 Å². The Hall–Kier alpha value is -3.54. The van der Waals surface area contributed by atoms with Gasteiger partial charge in [-0.25, -0.2) is 13.4 Å². The van der Waals surface area contributed by atoms with Crippen molar-refractivity contribution in [2.24, 2.45) is 0 Å². The number of aryl methyl sites for hydroxylation is 1. The molecule has 0 atom stereocenters. The van der Waals surface area contributed by atoms with E-state index in [0.717, 1.165) is 6.54 Å². The van der Waals surface area contributed by atoms with Gasteiger partial charge in [0, 0.05) is 31.9 Å². The number of benzene rings is 1. The molecule has 1 N–H and O–H groups in total. The summed E-state index contributed by atoms with van der Waals surface area (Å²) in [6.07, 6.45) is 1.51. The van der Waals surface area contributed by atoms with Crippen molar-refractivity contribution in [2.45, 2.75) is 18.7 Å². The van der Waals surface area contributed by atoms with Gasteiger partial charge in [-0.1, -0.05) is 18.1 Å². The molecule has 0 bridgehead atoms. The molecule has 0 unspecified atom stereocenters. The van der Waals surface area contributed by atoms with E-state index in [1.807, 2.05) is 0 Å². The van der Waals surface area contributed by atoms with Crippen LogP contribution < -0.4 is 5.32 Å². The number of carbonyl (C=O) groups excluding carboxylic acids is 1. The van der Waals surface area contributed by atoms with Gasteiger partial charge in [-0.3, -0.25) is 4.79 Å². The first-order chi connectivity index (χ1) is 16.9. The Kier molecular flexibility index (Phi) is 6.13. The van der Waals surface area contributed by atoms with Gasteiger partial charge < -0.3 is 19.2 Å². The number of pyridine rings is 1. The van der Waals surface area contributed by atoms with Crippen molar-refractivity contribution < 1.29 is 22.2 Å². The fourth-order valence-electron chi connectivity index (χ4n) is 4.19. The van der Waals surface area contributed by atoms with Crippen LogP contribution in [0.5, 0.6) is 0 Å². The first-order valence-electron chi connectivity index (χ1n) is 11.3. The van der Waals surface area contributed by atoms with E-state index in [9.17, 15) is 13.2 Å². The SMILES string of the molecule is CCN1CCN(S(=O)(=O)c2cccc(NC(=O)c3cc(-c4ccco4)nc4onc(C)c34)c2)CC1. The van der Waals surface area contributed by atoms with Crippen LogP contribution in [0.3, 0.4) is 0 Å². The highest BCUT2D eigenvalue weighted by Crippen LogP contribution is 2.28. The Morgan fingerprint density at radius 3 is 2.63 bits per heavy atom. The Balaban J connectivity index is 1.43. The number of likely N-dealkylation sites (N-methyl/N-ethyl adjacent to an activating group) is 1. The third-order valence-corrected chi connectivity index (χ3v) is 8.04. The molecular weight excluding hydrogens is 470 g/mol. The van der Waals surface area contributed by atoms with Gasteiger partial charge in [0.25, 0.3) is 11.6 Å². The first-order valence-corrected chi connectivity index (χ1v) is 12.8. The molecule has 0 saturated carbocycles. The number of piperazine rings is 1. The maximum Gasteiger partial charge on any atom is 0.259 e. The highest BCUT2D eigenvalue weighted by molar-refractivity contribution is 7.89. The molecule has 5 rings (SSSR count). The lowest BCUT2D eigenvalue weighted by Crippen LogP contribution is -2.48. The molecule has 182 valence electrons. The molecule has 0 aliphatic carbocycles. The third-order valence-electron chi connectivity index (χ3n) is 6.14. The molecular formula is C24H25N5O5S. The number of carbonyl (C=O) groups is 1. The van der Waals surface area contributed by atoms with Gasteiger partial charge in [0.05, 0.1) is 27.8 Å². The Labute approximate surface area is 202 Å². The minimum Gasteiger partial charge on any atom is -0.463 e. The summed E-state index contributed by atoms with van der Waals surface area (Å²) in [5.41, 5.74) is 1.81. The monoisotopic (exact) mass is 495 g/mol. The number of anilines is 1. The second-order valence-electron chi connectivity index (χ2n) is 8.30. The van der Waals surface area contributed by atoms with Crippen molar-refractivity contribution in [1.82, 2.24) is 19.3 Å². The van der Waals surface area contributed by atoms with Gasteiger partial charge in [0.1, 0.15) is 5.69 Å². The van der Waals surface area contributed by atoms with Crippen molar-refractivity contribution >= 4 is 32.7 Å². The quantitative estimate of drug-likeness (QED) is 0.432. The Morgan fingerprint density at radius 2 is 1.91 bits per heavy atom. The number of rotatable bonds is 6. The molecule has 1 aliphatic heterocycles. The number of sulfonamides is 1. The minimum absolute atomic E-state index is 0.137. The Morgan fingerprint density at radius 1 is 1.11 bits per heavy atom.